The van der Waals surface area contributed by atoms with Crippen molar-refractivity contribution in [2.75, 3.05) is 0 Å². The van der Waals surface area contributed by atoms with Crippen molar-refractivity contribution in [1.82, 2.24) is 14.9 Å². The largest absolute Gasteiger partial charge is 0.457 e. The molecule has 2 N–H and O–H groups in total. The number of carbonyl (C=O) groups excluding carboxylic acids is 1. The lowest BCUT2D eigenvalue weighted by Gasteiger charge is -2.06. The number of aromatic nitrogens is 2. The third-order valence-corrected chi connectivity index (χ3v) is 6.74. The van der Waals surface area contributed by atoms with Crippen LogP contribution in [0, 0.1) is 13.8 Å². The van der Waals surface area contributed by atoms with Crippen LogP contribution in [0.25, 0.3) is 10.9 Å². The Morgan fingerprint density at radius 3 is 2.45 bits per heavy atom. The minimum Gasteiger partial charge on any atom is -0.457 e. The molecule has 2 aromatic carbocycles. The number of nitrogens with one attached hydrogen (secondary N) is 2. The number of ether oxygens (including phenoxy) is 1. The van der Waals surface area contributed by atoms with Crippen molar-refractivity contribution in [3.63, 3.8) is 0 Å². The molecule has 0 saturated carbocycles. The number of H-pyrrole nitrogens is 1. The van der Waals surface area contributed by atoms with Crippen molar-refractivity contribution in [3.05, 3.63) is 69.7 Å². The second-order valence-electron chi connectivity index (χ2n) is 6.70. The van der Waals surface area contributed by atoms with E-state index in [0.29, 0.717) is 32.4 Å². The zero-order chi connectivity index (χ0) is 22.3. The highest BCUT2D eigenvalue weighted by atomic mass is 35.5. The molecular formula is C20H15Cl2N3O5S. The van der Waals surface area contributed by atoms with Crippen LogP contribution in [-0.2, 0) is 10.0 Å². The van der Waals surface area contributed by atoms with Crippen LogP contribution in [-0.4, -0.2) is 24.5 Å². The standard InChI is InChI=1S/C20H15Cl2N3O5S/c1-10-19(11(2)30-24-10)31(27,28)25-20(26)18-8-12-7-13(4-6-17(12)23-18)29-14-3-5-15(21)16(22)9-14/h3-9,23H,1-2H3,(H,25,26). The molecule has 0 aliphatic carbocycles. The van der Waals surface area contributed by atoms with Gasteiger partial charge in [-0.25, -0.2) is 13.1 Å². The van der Waals surface area contributed by atoms with Gasteiger partial charge >= 0.3 is 0 Å². The summed E-state index contributed by atoms with van der Waals surface area (Å²) in [4.78, 5) is 15.3. The number of nitrogens with zero attached hydrogens (tertiary/aromatic N) is 1. The van der Waals surface area contributed by atoms with E-state index in [1.165, 1.54) is 19.9 Å². The first-order valence-electron chi connectivity index (χ1n) is 8.90. The molecule has 4 rings (SSSR count). The van der Waals surface area contributed by atoms with Gasteiger partial charge in [-0.3, -0.25) is 4.79 Å². The van der Waals surface area contributed by atoms with Gasteiger partial charge in [0.2, 0.25) is 0 Å². The predicted octanol–water partition coefficient (Wildman–Crippen LogP) is 4.99. The summed E-state index contributed by atoms with van der Waals surface area (Å²) in [7, 11) is -4.14. The lowest BCUT2D eigenvalue weighted by Crippen LogP contribution is -2.31. The van der Waals surface area contributed by atoms with Gasteiger partial charge in [0.1, 0.15) is 22.9 Å². The van der Waals surface area contributed by atoms with E-state index in [-0.39, 0.29) is 22.0 Å². The third kappa shape index (κ3) is 4.25. The molecule has 0 aliphatic rings. The van der Waals surface area contributed by atoms with E-state index in [1.807, 2.05) is 4.72 Å². The van der Waals surface area contributed by atoms with Crippen LogP contribution in [0.5, 0.6) is 11.5 Å². The molecule has 160 valence electrons. The fourth-order valence-electron chi connectivity index (χ4n) is 3.06. The summed E-state index contributed by atoms with van der Waals surface area (Å²) in [5, 5.41) is 5.03. The summed E-state index contributed by atoms with van der Waals surface area (Å²) in [5.41, 5.74) is 0.858. The summed E-state index contributed by atoms with van der Waals surface area (Å²) in [6, 6.07) is 11.5. The van der Waals surface area contributed by atoms with Gasteiger partial charge in [0.15, 0.2) is 10.7 Å². The van der Waals surface area contributed by atoms with Crippen LogP contribution >= 0.6 is 23.2 Å². The second kappa shape index (κ2) is 7.92. The van der Waals surface area contributed by atoms with E-state index in [2.05, 4.69) is 10.1 Å². The number of fused-ring (bicyclic) bond motifs is 1. The molecule has 2 aromatic heterocycles. The Balaban J connectivity index is 1.57. The van der Waals surface area contributed by atoms with Crippen molar-refractivity contribution in [2.24, 2.45) is 0 Å². The number of hydrogen-bond donors (Lipinski definition) is 2. The van der Waals surface area contributed by atoms with Crippen LogP contribution in [0.2, 0.25) is 10.0 Å². The number of sulfonamides is 1. The molecule has 0 saturated heterocycles. The lowest BCUT2D eigenvalue weighted by atomic mass is 10.2. The molecule has 0 fully saturated rings. The molecule has 0 spiro atoms. The van der Waals surface area contributed by atoms with E-state index in [9.17, 15) is 13.2 Å². The molecule has 0 atom stereocenters. The number of benzene rings is 2. The van der Waals surface area contributed by atoms with Gasteiger partial charge in [-0.05, 0) is 50.2 Å². The average Bonchev–Trinajstić information content (AvgIpc) is 3.27. The highest BCUT2D eigenvalue weighted by molar-refractivity contribution is 7.90. The number of carbonyl (C=O) groups is 1. The van der Waals surface area contributed by atoms with Crippen LogP contribution in [0.4, 0.5) is 0 Å². The summed E-state index contributed by atoms with van der Waals surface area (Å²) >= 11 is 11.9. The number of rotatable bonds is 5. The first kappa shape index (κ1) is 21.2. The highest BCUT2D eigenvalue weighted by Gasteiger charge is 2.27. The van der Waals surface area contributed by atoms with Gasteiger partial charge in [0, 0.05) is 17.0 Å². The first-order valence-corrected chi connectivity index (χ1v) is 11.1. The molecular weight excluding hydrogens is 465 g/mol. The van der Waals surface area contributed by atoms with Crippen molar-refractivity contribution in [2.45, 2.75) is 18.7 Å². The molecule has 0 radical (unpaired) electrons. The van der Waals surface area contributed by atoms with E-state index >= 15 is 0 Å². The molecule has 11 heteroatoms. The van der Waals surface area contributed by atoms with Gasteiger partial charge in [0.05, 0.1) is 10.0 Å². The topological polar surface area (TPSA) is 114 Å². The van der Waals surface area contributed by atoms with E-state index in [4.69, 9.17) is 32.5 Å². The first-order chi connectivity index (χ1) is 14.6. The quantitative estimate of drug-likeness (QED) is 0.416. The zero-order valence-electron chi connectivity index (χ0n) is 16.2. The van der Waals surface area contributed by atoms with Gasteiger partial charge < -0.3 is 14.2 Å². The summed E-state index contributed by atoms with van der Waals surface area (Å²) < 4.78 is 37.8. The number of aromatic amines is 1. The number of amides is 1. The van der Waals surface area contributed by atoms with Crippen molar-refractivity contribution in [1.29, 1.82) is 0 Å². The fourth-order valence-corrected chi connectivity index (χ4v) is 4.65. The molecule has 8 nitrogen and oxygen atoms in total. The summed E-state index contributed by atoms with van der Waals surface area (Å²) in [6.07, 6.45) is 0. The maximum atomic E-state index is 12.6. The molecule has 4 aromatic rings. The highest BCUT2D eigenvalue weighted by Crippen LogP contribution is 2.31. The van der Waals surface area contributed by atoms with Crippen molar-refractivity contribution >= 4 is 50.0 Å². The second-order valence-corrected chi connectivity index (χ2v) is 9.13. The monoisotopic (exact) mass is 479 g/mol. The normalized spacial score (nSPS) is 11.6. The molecule has 0 unspecified atom stereocenters. The van der Waals surface area contributed by atoms with Crippen LogP contribution in [0.1, 0.15) is 21.9 Å². The average molecular weight is 480 g/mol. The van der Waals surface area contributed by atoms with Crippen LogP contribution in [0.3, 0.4) is 0 Å². The van der Waals surface area contributed by atoms with Crippen molar-refractivity contribution < 1.29 is 22.5 Å². The van der Waals surface area contributed by atoms with E-state index in [1.54, 1.807) is 36.4 Å². The van der Waals surface area contributed by atoms with E-state index < -0.39 is 15.9 Å². The lowest BCUT2D eigenvalue weighted by molar-refractivity contribution is 0.0977. The fraction of sp³-hybridized carbons (Fsp3) is 0.100. The molecule has 0 aliphatic heterocycles. The number of halogens is 2. The maximum Gasteiger partial charge on any atom is 0.281 e. The van der Waals surface area contributed by atoms with Crippen LogP contribution in [0.15, 0.2) is 51.9 Å². The Kier molecular flexibility index (Phi) is 5.42. The Hall–Kier alpha value is -3.01. The zero-order valence-corrected chi connectivity index (χ0v) is 18.5. The van der Waals surface area contributed by atoms with Gasteiger partial charge in [-0.1, -0.05) is 28.4 Å². The van der Waals surface area contributed by atoms with Gasteiger partial charge in [0.25, 0.3) is 15.9 Å². The Morgan fingerprint density at radius 1 is 1.06 bits per heavy atom. The minimum absolute atomic E-state index is 0.0667. The van der Waals surface area contributed by atoms with Gasteiger partial charge in [-0.15, -0.1) is 0 Å². The Bertz CT molecular complexity index is 1410. The smallest absolute Gasteiger partial charge is 0.281 e. The minimum atomic E-state index is -4.14. The molecule has 1 amide bonds. The maximum absolute atomic E-state index is 12.6. The predicted molar refractivity (Wildman–Crippen MR) is 115 cm³/mol. The Labute approximate surface area is 187 Å². The van der Waals surface area contributed by atoms with E-state index in [0.717, 1.165) is 0 Å². The van der Waals surface area contributed by atoms with Crippen LogP contribution < -0.4 is 9.46 Å². The summed E-state index contributed by atoms with van der Waals surface area (Å²) in [6.45, 7) is 2.94. The summed E-state index contributed by atoms with van der Waals surface area (Å²) in [5.74, 6) is 0.273. The SMILES string of the molecule is Cc1noc(C)c1S(=O)(=O)NC(=O)c1cc2cc(Oc3ccc(Cl)c(Cl)c3)ccc2[nH]1. The number of hydrogen-bond acceptors (Lipinski definition) is 6. The molecule has 2 heterocycles. The third-order valence-electron chi connectivity index (χ3n) is 4.43. The Morgan fingerprint density at radius 2 is 1.77 bits per heavy atom. The van der Waals surface area contributed by atoms with Crippen molar-refractivity contribution in [3.8, 4) is 11.5 Å². The molecule has 31 heavy (non-hydrogen) atoms. The van der Waals surface area contributed by atoms with Gasteiger partial charge in [-0.2, -0.15) is 0 Å². The molecule has 0 bridgehead atoms. The number of aryl methyl sites for hydroxylation is 2.